The van der Waals surface area contributed by atoms with Crippen LogP contribution in [0.4, 0.5) is 0 Å². The van der Waals surface area contributed by atoms with Gasteiger partial charge >= 0.3 is 0 Å². The largest absolute Gasteiger partial charge is 0.340 e. The molecule has 1 unspecified atom stereocenters. The molecule has 1 atom stereocenters. The number of carbonyl (C=O) groups excluding carboxylic acids is 2. The van der Waals surface area contributed by atoms with E-state index in [0.29, 0.717) is 23.6 Å². The highest BCUT2D eigenvalue weighted by atomic mass is 16.2. The van der Waals surface area contributed by atoms with Gasteiger partial charge in [-0.05, 0) is 65.6 Å². The number of rotatable bonds is 10. The molecule has 1 aromatic heterocycles. The van der Waals surface area contributed by atoms with E-state index in [1.165, 1.54) is 26.7 Å². The van der Waals surface area contributed by atoms with Crippen LogP contribution >= 0.6 is 0 Å². The minimum Gasteiger partial charge on any atom is -0.340 e. The SMILES string of the molecule is CCCCC(CC)CN1C(=O)c2cccc3c(-c4ccc5c(c4)c4ccccc4n5CCCC)ccc(c23)C1=O. The maximum absolute atomic E-state index is 13.7. The second-order valence-corrected chi connectivity index (χ2v) is 11.3. The van der Waals surface area contributed by atoms with Gasteiger partial charge in [-0.3, -0.25) is 14.5 Å². The topological polar surface area (TPSA) is 42.3 Å². The summed E-state index contributed by atoms with van der Waals surface area (Å²) in [5.74, 6) is 0.00773. The van der Waals surface area contributed by atoms with Gasteiger partial charge in [0.2, 0.25) is 0 Å². The van der Waals surface area contributed by atoms with Crippen molar-refractivity contribution in [2.45, 2.75) is 65.8 Å². The number of amides is 2. The molecular formula is C36H38N2O2. The predicted molar refractivity (Wildman–Crippen MR) is 166 cm³/mol. The third-order valence-electron chi connectivity index (χ3n) is 8.79. The molecule has 40 heavy (non-hydrogen) atoms. The molecule has 0 N–H and O–H groups in total. The van der Waals surface area contributed by atoms with Crippen LogP contribution in [-0.2, 0) is 6.54 Å². The fourth-order valence-corrected chi connectivity index (χ4v) is 6.52. The Morgan fingerprint density at radius 1 is 0.675 bits per heavy atom. The minimum absolute atomic E-state index is 0.162. The Morgan fingerprint density at radius 2 is 1.38 bits per heavy atom. The molecule has 0 fully saturated rings. The average molecular weight is 531 g/mol. The van der Waals surface area contributed by atoms with Gasteiger partial charge in [-0.25, -0.2) is 0 Å². The van der Waals surface area contributed by atoms with E-state index < -0.39 is 0 Å². The van der Waals surface area contributed by atoms with Crippen molar-refractivity contribution >= 4 is 44.4 Å². The van der Waals surface area contributed by atoms with Gasteiger partial charge in [-0.15, -0.1) is 0 Å². The van der Waals surface area contributed by atoms with Crippen molar-refractivity contribution in [3.8, 4) is 11.1 Å². The predicted octanol–water partition coefficient (Wildman–Crippen LogP) is 9.23. The standard InChI is InChI=1S/C36H38N2O2/c1-4-7-12-24(6-3)23-38-35(39)29-15-11-14-28-26(18-19-30(34(28)29)36(38)40)25-17-20-33-31(22-25)27-13-9-10-16-32(27)37(33)21-8-5-2/h9-11,13-20,22,24H,4-8,12,21,23H2,1-3H3. The van der Waals surface area contributed by atoms with Crippen molar-refractivity contribution in [2.24, 2.45) is 5.92 Å². The lowest BCUT2D eigenvalue weighted by atomic mass is 9.88. The first-order chi connectivity index (χ1) is 19.6. The van der Waals surface area contributed by atoms with Gasteiger partial charge < -0.3 is 4.57 Å². The van der Waals surface area contributed by atoms with Crippen LogP contribution in [0.2, 0.25) is 0 Å². The molecule has 0 aliphatic carbocycles. The fourth-order valence-electron chi connectivity index (χ4n) is 6.52. The highest BCUT2D eigenvalue weighted by Gasteiger charge is 2.34. The summed E-state index contributed by atoms with van der Waals surface area (Å²) < 4.78 is 2.44. The first-order valence-electron chi connectivity index (χ1n) is 15.0. The van der Waals surface area contributed by atoms with E-state index >= 15 is 0 Å². The number of aryl methyl sites for hydroxylation is 1. The summed E-state index contributed by atoms with van der Waals surface area (Å²) >= 11 is 0. The third-order valence-corrected chi connectivity index (χ3v) is 8.79. The number of imide groups is 1. The van der Waals surface area contributed by atoms with E-state index in [1.807, 2.05) is 18.2 Å². The number of para-hydroxylation sites is 1. The number of nitrogens with zero attached hydrogens (tertiary/aromatic N) is 2. The second kappa shape index (κ2) is 10.9. The molecule has 0 saturated carbocycles. The third kappa shape index (κ3) is 4.30. The van der Waals surface area contributed by atoms with Crippen LogP contribution in [0, 0.1) is 5.92 Å². The molecule has 4 heteroatoms. The zero-order chi connectivity index (χ0) is 27.8. The maximum Gasteiger partial charge on any atom is 0.261 e. The summed E-state index contributed by atoms with van der Waals surface area (Å²) in [5.41, 5.74) is 5.93. The van der Waals surface area contributed by atoms with Crippen molar-refractivity contribution in [1.29, 1.82) is 0 Å². The normalized spacial score (nSPS) is 14.1. The van der Waals surface area contributed by atoms with Crippen LogP contribution in [0.5, 0.6) is 0 Å². The molecule has 0 radical (unpaired) electrons. The van der Waals surface area contributed by atoms with Crippen molar-refractivity contribution in [3.05, 3.63) is 83.9 Å². The summed E-state index contributed by atoms with van der Waals surface area (Å²) in [6.45, 7) is 8.05. The fraction of sp³-hybridized carbons (Fsp3) is 0.333. The van der Waals surface area contributed by atoms with Crippen LogP contribution in [0.3, 0.4) is 0 Å². The molecule has 6 rings (SSSR count). The molecular weight excluding hydrogens is 492 g/mol. The van der Waals surface area contributed by atoms with E-state index in [0.717, 1.165) is 67.0 Å². The molecule has 0 bridgehead atoms. The monoisotopic (exact) mass is 530 g/mol. The number of fused-ring (bicyclic) bond motifs is 3. The van der Waals surface area contributed by atoms with Crippen molar-refractivity contribution in [3.63, 3.8) is 0 Å². The van der Waals surface area contributed by atoms with E-state index in [4.69, 9.17) is 0 Å². The number of unbranched alkanes of at least 4 members (excludes halogenated alkanes) is 2. The Hall–Kier alpha value is -3.92. The zero-order valence-corrected chi connectivity index (χ0v) is 23.9. The lowest BCUT2D eigenvalue weighted by molar-refractivity contribution is 0.0580. The van der Waals surface area contributed by atoms with Crippen LogP contribution in [-0.4, -0.2) is 27.8 Å². The molecule has 204 valence electrons. The zero-order valence-electron chi connectivity index (χ0n) is 23.9. The molecule has 4 aromatic carbocycles. The average Bonchev–Trinajstić information content (AvgIpc) is 3.31. The minimum atomic E-state index is -0.162. The number of carbonyl (C=O) groups is 2. The van der Waals surface area contributed by atoms with E-state index in [2.05, 4.69) is 79.9 Å². The van der Waals surface area contributed by atoms with Crippen molar-refractivity contribution < 1.29 is 9.59 Å². The summed E-state index contributed by atoms with van der Waals surface area (Å²) in [7, 11) is 0. The first kappa shape index (κ1) is 26.3. The highest BCUT2D eigenvalue weighted by molar-refractivity contribution is 6.27. The Bertz CT molecular complexity index is 1720. The number of benzene rings is 4. The maximum atomic E-state index is 13.7. The molecule has 2 heterocycles. The van der Waals surface area contributed by atoms with Gasteiger partial charge in [0.05, 0.1) is 0 Å². The van der Waals surface area contributed by atoms with Crippen LogP contribution in [0.25, 0.3) is 43.7 Å². The van der Waals surface area contributed by atoms with E-state index in [-0.39, 0.29) is 11.8 Å². The van der Waals surface area contributed by atoms with Gasteiger partial charge in [0.1, 0.15) is 0 Å². The Morgan fingerprint density at radius 3 is 2.15 bits per heavy atom. The van der Waals surface area contributed by atoms with Crippen molar-refractivity contribution in [2.75, 3.05) is 6.54 Å². The molecule has 5 aromatic rings. The molecule has 0 saturated heterocycles. The molecule has 1 aliphatic rings. The van der Waals surface area contributed by atoms with Crippen LogP contribution in [0.1, 0.15) is 80.0 Å². The lowest BCUT2D eigenvalue weighted by Gasteiger charge is -2.30. The summed E-state index contributed by atoms with van der Waals surface area (Å²) in [6, 6.07) is 25.2. The number of hydrogen-bond donors (Lipinski definition) is 0. The van der Waals surface area contributed by atoms with Crippen LogP contribution < -0.4 is 0 Å². The Balaban J connectivity index is 1.45. The Kier molecular flexibility index (Phi) is 7.18. The van der Waals surface area contributed by atoms with Gasteiger partial charge in [-0.1, -0.05) is 88.9 Å². The van der Waals surface area contributed by atoms with Gasteiger partial charge in [-0.2, -0.15) is 0 Å². The summed E-state index contributed by atoms with van der Waals surface area (Å²) in [4.78, 5) is 28.9. The van der Waals surface area contributed by atoms with E-state index in [1.54, 1.807) is 0 Å². The van der Waals surface area contributed by atoms with Crippen molar-refractivity contribution in [1.82, 2.24) is 9.47 Å². The molecule has 0 spiro atoms. The molecule has 2 amide bonds. The number of aromatic nitrogens is 1. The van der Waals surface area contributed by atoms with Gasteiger partial charge in [0, 0.05) is 51.4 Å². The van der Waals surface area contributed by atoms with Gasteiger partial charge in [0.15, 0.2) is 0 Å². The quantitative estimate of drug-likeness (QED) is 0.169. The summed E-state index contributed by atoms with van der Waals surface area (Å²) in [5, 5.41) is 4.25. The Labute approximate surface area is 236 Å². The second-order valence-electron chi connectivity index (χ2n) is 11.3. The lowest BCUT2D eigenvalue weighted by Crippen LogP contribution is -2.43. The number of hydrogen-bond acceptors (Lipinski definition) is 2. The highest BCUT2D eigenvalue weighted by Crippen LogP contribution is 2.39. The molecule has 1 aliphatic heterocycles. The smallest absolute Gasteiger partial charge is 0.261 e. The molecule has 4 nitrogen and oxygen atoms in total. The van der Waals surface area contributed by atoms with E-state index in [9.17, 15) is 9.59 Å². The summed E-state index contributed by atoms with van der Waals surface area (Å²) in [6.07, 6.45) is 6.53. The van der Waals surface area contributed by atoms with Gasteiger partial charge in [0.25, 0.3) is 11.8 Å². The van der Waals surface area contributed by atoms with Crippen LogP contribution in [0.15, 0.2) is 72.8 Å². The first-order valence-corrected chi connectivity index (χ1v) is 15.0.